The van der Waals surface area contributed by atoms with Crippen LogP contribution in [-0.2, 0) is 4.79 Å². The number of hydrogen-bond donors (Lipinski definition) is 2. The second kappa shape index (κ2) is 10.7. The molecule has 190 valence electrons. The van der Waals surface area contributed by atoms with Crippen molar-refractivity contribution in [3.05, 3.63) is 53.1 Å². The number of ether oxygens (including phenoxy) is 2. The molecule has 9 nitrogen and oxygen atoms in total. The zero-order chi connectivity index (χ0) is 25.1. The summed E-state index contributed by atoms with van der Waals surface area (Å²) >= 11 is 6.02. The molecule has 2 saturated heterocycles. The molecule has 3 aliphatic heterocycles. The van der Waals surface area contributed by atoms with Gasteiger partial charge in [-0.3, -0.25) is 9.59 Å². The monoisotopic (exact) mass is 512 g/mol. The minimum Gasteiger partial charge on any atom is -0.454 e. The van der Waals surface area contributed by atoms with Crippen LogP contribution in [0.15, 0.2) is 42.5 Å². The first-order valence-electron chi connectivity index (χ1n) is 12.3. The number of piperidine rings is 1. The molecule has 3 heterocycles. The Hall–Kier alpha value is -3.46. The van der Waals surface area contributed by atoms with Crippen molar-refractivity contribution in [2.24, 2.45) is 5.92 Å². The van der Waals surface area contributed by atoms with Crippen molar-refractivity contribution in [3.63, 3.8) is 0 Å². The number of carbonyl (C=O) groups is 3. The number of halogens is 1. The second-order valence-electron chi connectivity index (χ2n) is 9.32. The Balaban J connectivity index is 1.25. The molecule has 3 aliphatic rings. The minimum absolute atomic E-state index is 0.0524. The number of nitrogens with one attached hydrogen (secondary N) is 2. The van der Waals surface area contributed by atoms with Gasteiger partial charge in [0.05, 0.1) is 0 Å². The van der Waals surface area contributed by atoms with Crippen LogP contribution in [-0.4, -0.2) is 66.7 Å². The van der Waals surface area contributed by atoms with E-state index >= 15 is 0 Å². The summed E-state index contributed by atoms with van der Waals surface area (Å²) in [5.41, 5.74) is 1.05. The standard InChI is InChI=1S/C26H29ClN4O5/c27-19-4-3-5-20(15-19)28-26(34)31-12-8-17(9-13-31)23(25(33)30-10-1-2-11-30)29-24(32)18-6-7-21-22(14-18)36-16-35-21/h3-7,14-15,17,23H,1-2,8-13,16H2,(H,28,34)(H,29,32). The van der Waals surface area contributed by atoms with Gasteiger partial charge in [-0.15, -0.1) is 0 Å². The maximum Gasteiger partial charge on any atom is 0.321 e. The molecule has 0 aromatic heterocycles. The summed E-state index contributed by atoms with van der Waals surface area (Å²) in [6.07, 6.45) is 3.15. The van der Waals surface area contributed by atoms with Crippen molar-refractivity contribution in [3.8, 4) is 11.5 Å². The summed E-state index contributed by atoms with van der Waals surface area (Å²) in [6.45, 7) is 2.51. The van der Waals surface area contributed by atoms with Crippen molar-refractivity contribution >= 4 is 35.1 Å². The third kappa shape index (κ3) is 5.36. The largest absolute Gasteiger partial charge is 0.454 e. The first-order valence-corrected chi connectivity index (χ1v) is 12.7. The smallest absolute Gasteiger partial charge is 0.321 e. The first-order chi connectivity index (χ1) is 17.5. The number of carbonyl (C=O) groups excluding carboxylic acids is 3. The quantitative estimate of drug-likeness (QED) is 0.636. The van der Waals surface area contributed by atoms with Crippen molar-refractivity contribution in [2.45, 2.75) is 31.7 Å². The van der Waals surface area contributed by atoms with Gasteiger partial charge in [0.15, 0.2) is 11.5 Å². The van der Waals surface area contributed by atoms with Gasteiger partial charge in [-0.2, -0.15) is 0 Å². The fraction of sp³-hybridized carbons (Fsp3) is 0.423. The van der Waals surface area contributed by atoms with Crippen LogP contribution < -0.4 is 20.1 Å². The van der Waals surface area contributed by atoms with Gasteiger partial charge in [0.2, 0.25) is 12.7 Å². The summed E-state index contributed by atoms with van der Waals surface area (Å²) in [5, 5.41) is 6.42. The van der Waals surface area contributed by atoms with E-state index in [1.54, 1.807) is 47.4 Å². The Kier molecular flexibility index (Phi) is 7.18. The minimum atomic E-state index is -0.654. The predicted octanol–water partition coefficient (Wildman–Crippen LogP) is 3.73. The second-order valence-corrected chi connectivity index (χ2v) is 9.75. The van der Waals surface area contributed by atoms with E-state index in [4.69, 9.17) is 21.1 Å². The van der Waals surface area contributed by atoms with Gasteiger partial charge in [0, 0.05) is 42.5 Å². The van der Waals surface area contributed by atoms with Crippen molar-refractivity contribution in [2.75, 3.05) is 38.3 Å². The Bertz CT molecular complexity index is 1140. The molecule has 0 radical (unpaired) electrons. The van der Waals surface area contributed by atoms with Crippen molar-refractivity contribution in [1.82, 2.24) is 15.1 Å². The number of nitrogens with zero attached hydrogens (tertiary/aromatic N) is 2. The lowest BCUT2D eigenvalue weighted by Gasteiger charge is -2.37. The van der Waals surface area contributed by atoms with Crippen LogP contribution in [0.2, 0.25) is 5.02 Å². The van der Waals surface area contributed by atoms with E-state index in [-0.39, 0.29) is 30.6 Å². The maximum atomic E-state index is 13.4. The molecule has 1 atom stereocenters. The molecule has 0 aliphatic carbocycles. The van der Waals surface area contributed by atoms with Gasteiger partial charge in [0.1, 0.15) is 6.04 Å². The molecule has 2 N–H and O–H groups in total. The normalized spacial score (nSPS) is 18.1. The lowest BCUT2D eigenvalue weighted by Crippen LogP contribution is -2.54. The molecule has 0 saturated carbocycles. The molecule has 36 heavy (non-hydrogen) atoms. The van der Waals surface area contributed by atoms with Crippen LogP contribution >= 0.6 is 11.6 Å². The number of fused-ring (bicyclic) bond motifs is 1. The number of urea groups is 1. The van der Waals surface area contributed by atoms with E-state index in [2.05, 4.69) is 10.6 Å². The molecule has 1 unspecified atom stereocenters. The van der Waals surface area contributed by atoms with E-state index in [0.717, 1.165) is 12.8 Å². The Morgan fingerprint density at radius 1 is 0.917 bits per heavy atom. The number of amides is 4. The molecule has 5 rings (SSSR count). The van der Waals surface area contributed by atoms with Crippen molar-refractivity contribution < 1.29 is 23.9 Å². The average molecular weight is 513 g/mol. The average Bonchev–Trinajstić information content (AvgIpc) is 3.59. The highest BCUT2D eigenvalue weighted by Gasteiger charge is 2.37. The van der Waals surface area contributed by atoms with Crippen LogP contribution in [0.1, 0.15) is 36.0 Å². The van der Waals surface area contributed by atoms with Gasteiger partial charge >= 0.3 is 6.03 Å². The molecule has 4 amide bonds. The number of likely N-dealkylation sites (tertiary alicyclic amines) is 2. The van der Waals surface area contributed by atoms with Crippen LogP contribution in [0.25, 0.3) is 0 Å². The summed E-state index contributed by atoms with van der Waals surface area (Å²) < 4.78 is 10.7. The first kappa shape index (κ1) is 24.2. The highest BCUT2D eigenvalue weighted by Crippen LogP contribution is 2.33. The van der Waals surface area contributed by atoms with Gasteiger partial charge < -0.3 is 29.9 Å². The summed E-state index contributed by atoms with van der Waals surface area (Å²) in [7, 11) is 0. The van der Waals surface area contributed by atoms with Gasteiger partial charge in [-0.1, -0.05) is 17.7 Å². The SMILES string of the molecule is O=C(NC(C(=O)N1CCCC1)C1CCN(C(=O)Nc2cccc(Cl)c2)CC1)c1ccc2c(c1)OCO2. The Morgan fingerprint density at radius 2 is 1.67 bits per heavy atom. The van der Waals surface area contributed by atoms with Crippen LogP contribution in [0.4, 0.5) is 10.5 Å². The van der Waals surface area contributed by atoms with Gasteiger partial charge in [-0.05, 0) is 68.0 Å². The van der Waals surface area contributed by atoms with Crippen LogP contribution in [0.3, 0.4) is 0 Å². The summed E-state index contributed by atoms with van der Waals surface area (Å²) in [6, 6.07) is 11.2. The fourth-order valence-electron chi connectivity index (χ4n) is 4.98. The lowest BCUT2D eigenvalue weighted by molar-refractivity contribution is -0.134. The topological polar surface area (TPSA) is 100 Å². The molecule has 0 bridgehead atoms. The van der Waals surface area contributed by atoms with E-state index in [9.17, 15) is 14.4 Å². The number of anilines is 1. The fourth-order valence-corrected chi connectivity index (χ4v) is 5.17. The van der Waals surface area contributed by atoms with E-state index in [0.29, 0.717) is 66.8 Å². The van der Waals surface area contributed by atoms with Gasteiger partial charge in [0.25, 0.3) is 5.91 Å². The molecule has 2 aromatic rings. The highest BCUT2D eigenvalue weighted by molar-refractivity contribution is 6.30. The van der Waals surface area contributed by atoms with Crippen LogP contribution in [0, 0.1) is 5.92 Å². The number of rotatable bonds is 5. The highest BCUT2D eigenvalue weighted by atomic mass is 35.5. The molecule has 2 fully saturated rings. The molecule has 2 aromatic carbocycles. The van der Waals surface area contributed by atoms with E-state index < -0.39 is 6.04 Å². The Labute approximate surface area is 214 Å². The van der Waals surface area contributed by atoms with Crippen molar-refractivity contribution in [1.29, 1.82) is 0 Å². The molecule has 10 heteroatoms. The number of hydrogen-bond acceptors (Lipinski definition) is 5. The predicted molar refractivity (Wildman–Crippen MR) is 134 cm³/mol. The van der Waals surface area contributed by atoms with E-state index in [1.807, 2.05) is 4.90 Å². The number of benzene rings is 2. The lowest BCUT2D eigenvalue weighted by atomic mass is 9.88. The zero-order valence-electron chi connectivity index (χ0n) is 19.9. The molecular weight excluding hydrogens is 484 g/mol. The summed E-state index contributed by atoms with van der Waals surface area (Å²) in [5.74, 6) is 0.658. The van der Waals surface area contributed by atoms with Gasteiger partial charge in [-0.25, -0.2) is 4.79 Å². The molecular formula is C26H29ClN4O5. The third-order valence-electron chi connectivity index (χ3n) is 6.98. The Morgan fingerprint density at radius 3 is 2.42 bits per heavy atom. The third-order valence-corrected chi connectivity index (χ3v) is 7.21. The van der Waals surface area contributed by atoms with E-state index in [1.165, 1.54) is 0 Å². The summed E-state index contributed by atoms with van der Waals surface area (Å²) in [4.78, 5) is 42.9. The zero-order valence-corrected chi connectivity index (χ0v) is 20.6. The maximum absolute atomic E-state index is 13.4. The molecule has 0 spiro atoms. The van der Waals surface area contributed by atoms with Crippen LogP contribution in [0.5, 0.6) is 11.5 Å².